The van der Waals surface area contributed by atoms with Crippen LogP contribution in [0.4, 0.5) is 0 Å². The summed E-state index contributed by atoms with van der Waals surface area (Å²) < 4.78 is 27.8. The van der Waals surface area contributed by atoms with E-state index in [4.69, 9.17) is 5.11 Å². The molecule has 0 fully saturated rings. The molecule has 0 saturated carbocycles. The van der Waals surface area contributed by atoms with Crippen LogP contribution in [0.5, 0.6) is 0 Å². The van der Waals surface area contributed by atoms with Gasteiger partial charge in [0, 0.05) is 7.11 Å². The summed E-state index contributed by atoms with van der Waals surface area (Å²) in [7, 11) is -2.27. The van der Waals surface area contributed by atoms with Crippen molar-refractivity contribution >= 4 is 21.7 Å². The average molecular weight is 315 g/mol. The van der Waals surface area contributed by atoms with Crippen molar-refractivity contribution in [2.24, 2.45) is 0 Å². The Hall–Kier alpha value is -1.93. The summed E-state index contributed by atoms with van der Waals surface area (Å²) in [5.41, 5.74) is 0.368. The fourth-order valence-electron chi connectivity index (χ4n) is 1.62. The van der Waals surface area contributed by atoms with Crippen LogP contribution in [0.15, 0.2) is 30.3 Å². The van der Waals surface area contributed by atoms with Crippen molar-refractivity contribution < 1.29 is 27.9 Å². The summed E-state index contributed by atoms with van der Waals surface area (Å²) in [5.74, 6) is -3.18. The number of carbonyl (C=O) groups excluding carboxylic acids is 1. The van der Waals surface area contributed by atoms with Gasteiger partial charge in [0.2, 0.25) is 5.91 Å². The third-order valence-electron chi connectivity index (χ3n) is 2.63. The number of carbonyl (C=O) groups is 2. The third kappa shape index (κ3) is 5.92. The Morgan fingerprint density at radius 2 is 1.90 bits per heavy atom. The van der Waals surface area contributed by atoms with Crippen molar-refractivity contribution in [1.82, 2.24) is 5.32 Å². The molecule has 1 aromatic rings. The molecule has 7 nitrogen and oxygen atoms in total. The van der Waals surface area contributed by atoms with E-state index in [1.165, 1.54) is 7.11 Å². The molecule has 0 saturated heterocycles. The molecule has 0 spiro atoms. The summed E-state index contributed by atoms with van der Waals surface area (Å²) >= 11 is 0. The number of amides is 1. The van der Waals surface area contributed by atoms with Crippen LogP contribution in [0.25, 0.3) is 0 Å². The van der Waals surface area contributed by atoms with E-state index in [9.17, 15) is 18.0 Å². The number of sulfone groups is 1. The van der Waals surface area contributed by atoms with E-state index in [0.29, 0.717) is 5.56 Å². The Bertz CT molecular complexity index is 584. The summed E-state index contributed by atoms with van der Waals surface area (Å²) in [4.78, 5) is 22.9. The summed E-state index contributed by atoms with van der Waals surface area (Å²) in [6, 6.07) is 6.77. The van der Waals surface area contributed by atoms with Gasteiger partial charge >= 0.3 is 5.97 Å². The van der Waals surface area contributed by atoms with Crippen LogP contribution >= 0.6 is 0 Å². The fraction of sp³-hybridized carbons (Fsp3) is 0.385. The number of hydrogen-bond donors (Lipinski definition) is 2. The highest BCUT2D eigenvalue weighted by atomic mass is 32.2. The van der Waals surface area contributed by atoms with Gasteiger partial charge in [0.1, 0.15) is 5.75 Å². The molecule has 21 heavy (non-hydrogen) atoms. The van der Waals surface area contributed by atoms with Crippen LogP contribution in [-0.4, -0.2) is 50.6 Å². The lowest BCUT2D eigenvalue weighted by atomic mass is 10.1. The minimum absolute atomic E-state index is 0.0172. The third-order valence-corrected chi connectivity index (χ3v) is 4.13. The quantitative estimate of drug-likeness (QED) is 0.698. The van der Waals surface area contributed by atoms with E-state index in [2.05, 4.69) is 10.1 Å². The summed E-state index contributed by atoms with van der Waals surface area (Å²) in [6.07, 6.45) is 0. The number of aliphatic carboxylic acids is 1. The topological polar surface area (TPSA) is 110 Å². The van der Waals surface area contributed by atoms with Crippen molar-refractivity contribution in [3.63, 3.8) is 0 Å². The Kier molecular flexibility index (Phi) is 6.32. The van der Waals surface area contributed by atoms with Gasteiger partial charge < -0.3 is 15.2 Å². The molecule has 0 aliphatic carbocycles. The van der Waals surface area contributed by atoms with E-state index in [-0.39, 0.29) is 12.4 Å². The van der Waals surface area contributed by atoms with Crippen LogP contribution < -0.4 is 5.32 Å². The first-order valence-electron chi connectivity index (χ1n) is 6.12. The monoisotopic (exact) mass is 315 g/mol. The van der Waals surface area contributed by atoms with Crippen LogP contribution in [0, 0.1) is 0 Å². The van der Waals surface area contributed by atoms with Gasteiger partial charge in [0.25, 0.3) is 0 Å². The number of ether oxygens (including phenoxy) is 1. The van der Waals surface area contributed by atoms with Crippen LogP contribution in [-0.2, 0) is 24.2 Å². The second kappa shape index (κ2) is 7.75. The molecule has 0 bridgehead atoms. The molecule has 8 heteroatoms. The van der Waals surface area contributed by atoms with E-state index in [1.807, 2.05) is 0 Å². The number of methoxy groups -OCH3 is 1. The van der Waals surface area contributed by atoms with Crippen LogP contribution in [0.2, 0.25) is 0 Å². The molecule has 116 valence electrons. The molecule has 0 radical (unpaired) electrons. The first-order chi connectivity index (χ1) is 9.85. The predicted molar refractivity (Wildman–Crippen MR) is 75.5 cm³/mol. The zero-order valence-electron chi connectivity index (χ0n) is 11.5. The SMILES string of the molecule is COCCS(=O)(=O)CC(=O)N[C@H](C(=O)O)c1ccccc1. The van der Waals surface area contributed by atoms with Gasteiger partial charge in [-0.3, -0.25) is 4.79 Å². The standard InChI is InChI=1S/C13H17NO6S/c1-20-7-8-21(18,19)9-11(15)14-12(13(16)17)10-5-3-2-4-6-10/h2-6,12H,7-9H2,1H3,(H,14,15)(H,16,17)/t12-/m0/s1. The molecule has 1 atom stereocenters. The summed E-state index contributed by atoms with van der Waals surface area (Å²) in [5, 5.41) is 11.3. The van der Waals surface area contributed by atoms with Gasteiger partial charge in [-0.05, 0) is 5.56 Å². The maximum atomic E-state index is 11.7. The smallest absolute Gasteiger partial charge is 0.330 e. The second-order valence-corrected chi connectivity index (χ2v) is 6.52. The minimum atomic E-state index is -3.63. The lowest BCUT2D eigenvalue weighted by Crippen LogP contribution is -2.38. The number of hydrogen-bond acceptors (Lipinski definition) is 5. The molecular formula is C13H17NO6S. The lowest BCUT2D eigenvalue weighted by Gasteiger charge is -2.14. The van der Waals surface area contributed by atoms with E-state index >= 15 is 0 Å². The Morgan fingerprint density at radius 1 is 1.29 bits per heavy atom. The van der Waals surface area contributed by atoms with Crippen molar-refractivity contribution in [2.75, 3.05) is 25.2 Å². The molecule has 2 N–H and O–H groups in total. The number of rotatable bonds is 8. The van der Waals surface area contributed by atoms with Gasteiger partial charge in [0.15, 0.2) is 15.9 Å². The van der Waals surface area contributed by atoms with Gasteiger partial charge in [-0.15, -0.1) is 0 Å². The molecule has 1 amide bonds. The van der Waals surface area contributed by atoms with E-state index < -0.39 is 33.5 Å². The number of carboxylic acids is 1. The largest absolute Gasteiger partial charge is 0.479 e. The zero-order valence-corrected chi connectivity index (χ0v) is 12.3. The average Bonchev–Trinajstić information content (AvgIpc) is 2.43. The highest BCUT2D eigenvalue weighted by molar-refractivity contribution is 7.92. The molecule has 1 aromatic carbocycles. The van der Waals surface area contributed by atoms with Gasteiger partial charge in [0.05, 0.1) is 12.4 Å². The highest BCUT2D eigenvalue weighted by Crippen LogP contribution is 2.12. The maximum Gasteiger partial charge on any atom is 0.330 e. The Balaban J connectivity index is 2.73. The van der Waals surface area contributed by atoms with Gasteiger partial charge in [-0.25, -0.2) is 13.2 Å². The number of benzene rings is 1. The molecular weight excluding hydrogens is 298 g/mol. The van der Waals surface area contributed by atoms with Gasteiger partial charge in [-0.1, -0.05) is 30.3 Å². The first-order valence-corrected chi connectivity index (χ1v) is 7.94. The molecule has 0 aliphatic heterocycles. The lowest BCUT2D eigenvalue weighted by molar-refractivity contribution is -0.141. The van der Waals surface area contributed by atoms with Gasteiger partial charge in [-0.2, -0.15) is 0 Å². The molecule has 0 aliphatic rings. The normalized spacial score (nSPS) is 12.6. The second-order valence-electron chi connectivity index (χ2n) is 4.33. The molecule has 0 heterocycles. The van der Waals surface area contributed by atoms with E-state index in [0.717, 1.165) is 0 Å². The first kappa shape index (κ1) is 17.1. The fourth-order valence-corrected chi connectivity index (χ4v) is 2.67. The number of carboxylic acid groups (broad SMARTS) is 1. The van der Waals surface area contributed by atoms with Crippen molar-refractivity contribution in [1.29, 1.82) is 0 Å². The highest BCUT2D eigenvalue weighted by Gasteiger charge is 2.24. The van der Waals surface area contributed by atoms with Crippen molar-refractivity contribution in [2.45, 2.75) is 6.04 Å². The molecule has 1 rings (SSSR count). The maximum absolute atomic E-state index is 11.7. The predicted octanol–water partition coefficient (Wildman–Crippen LogP) is -0.0103. The number of nitrogens with one attached hydrogen (secondary N) is 1. The van der Waals surface area contributed by atoms with Crippen molar-refractivity contribution in [3.05, 3.63) is 35.9 Å². The van der Waals surface area contributed by atoms with Crippen LogP contribution in [0.3, 0.4) is 0 Å². The minimum Gasteiger partial charge on any atom is -0.479 e. The molecule has 0 aromatic heterocycles. The molecule has 0 unspecified atom stereocenters. The zero-order chi connectivity index (χ0) is 15.9. The van der Waals surface area contributed by atoms with Crippen molar-refractivity contribution in [3.8, 4) is 0 Å². The Morgan fingerprint density at radius 3 is 2.43 bits per heavy atom. The Labute approximate surface area is 122 Å². The summed E-state index contributed by atoms with van der Waals surface area (Å²) in [6.45, 7) is -0.0172. The van der Waals surface area contributed by atoms with E-state index in [1.54, 1.807) is 30.3 Å². The van der Waals surface area contributed by atoms with Crippen LogP contribution in [0.1, 0.15) is 11.6 Å².